The summed E-state index contributed by atoms with van der Waals surface area (Å²) in [6, 6.07) is 17.4. The summed E-state index contributed by atoms with van der Waals surface area (Å²) >= 11 is 27.2. The predicted molar refractivity (Wildman–Crippen MR) is 154 cm³/mol. The van der Waals surface area contributed by atoms with Crippen molar-refractivity contribution in [3.8, 4) is 0 Å². The number of Topliss-reactive ketones (excluding diaryl/α,β-unsaturated/α-hetero) is 1. The van der Waals surface area contributed by atoms with Crippen LogP contribution in [-0.2, 0) is 15.3 Å². The molecule has 0 bridgehead atoms. The fourth-order valence-corrected chi connectivity index (χ4v) is 6.48. The molecular weight excluding hydrogens is 608 g/mol. The van der Waals surface area contributed by atoms with Gasteiger partial charge in [0.1, 0.15) is 5.76 Å². The number of benzene rings is 3. The molecule has 0 radical (unpaired) electrons. The van der Waals surface area contributed by atoms with Crippen molar-refractivity contribution >= 4 is 92.1 Å². The highest BCUT2D eigenvalue weighted by Gasteiger charge is 2.49. The normalized spacial score (nSPS) is 16.8. The van der Waals surface area contributed by atoms with Crippen LogP contribution in [0.3, 0.4) is 0 Å². The Morgan fingerprint density at radius 2 is 1.53 bits per heavy atom. The summed E-state index contributed by atoms with van der Waals surface area (Å²) in [7, 11) is 0. The monoisotopic (exact) mass is 621 g/mol. The summed E-state index contributed by atoms with van der Waals surface area (Å²) in [5.41, 5.74) is 1.62. The van der Waals surface area contributed by atoms with Crippen LogP contribution in [-0.4, -0.2) is 27.0 Å². The van der Waals surface area contributed by atoms with Gasteiger partial charge in [-0.15, -0.1) is 10.2 Å². The van der Waals surface area contributed by atoms with Crippen LogP contribution in [0, 0.1) is 0 Å². The molecule has 0 saturated carbocycles. The minimum Gasteiger partial charge on any atom is -0.507 e. The molecule has 38 heavy (non-hydrogen) atoms. The molecule has 4 aromatic rings. The molecule has 6 nitrogen and oxygen atoms in total. The number of thioether (sulfide) groups is 1. The van der Waals surface area contributed by atoms with E-state index < -0.39 is 17.7 Å². The number of carbonyl (C=O) groups excluding carboxylic acids is 2. The van der Waals surface area contributed by atoms with E-state index in [2.05, 4.69) is 10.2 Å². The maximum absolute atomic E-state index is 13.3. The minimum absolute atomic E-state index is 0.132. The second-order valence-electron chi connectivity index (χ2n) is 8.11. The van der Waals surface area contributed by atoms with Crippen LogP contribution >= 0.6 is 69.5 Å². The molecule has 3 aromatic carbocycles. The summed E-state index contributed by atoms with van der Waals surface area (Å²) < 4.78 is 0.593. The highest BCUT2D eigenvalue weighted by molar-refractivity contribution is 8.00. The lowest BCUT2D eigenvalue weighted by atomic mass is 9.95. The number of nitrogens with zero attached hydrogens (tertiary/aromatic N) is 3. The van der Waals surface area contributed by atoms with Gasteiger partial charge in [0.05, 0.1) is 11.6 Å². The van der Waals surface area contributed by atoms with Crippen molar-refractivity contribution in [2.75, 3.05) is 4.90 Å². The third-order valence-corrected chi connectivity index (χ3v) is 8.89. The average Bonchev–Trinajstić information content (AvgIpc) is 3.46. The van der Waals surface area contributed by atoms with Gasteiger partial charge >= 0.3 is 5.91 Å². The molecule has 1 N–H and O–H groups in total. The van der Waals surface area contributed by atoms with Crippen LogP contribution in [0.4, 0.5) is 5.13 Å². The van der Waals surface area contributed by atoms with Crippen molar-refractivity contribution in [3.63, 3.8) is 0 Å². The first kappa shape index (κ1) is 27.0. The number of hydrogen-bond donors (Lipinski definition) is 1. The van der Waals surface area contributed by atoms with Gasteiger partial charge in [0.25, 0.3) is 5.78 Å². The van der Waals surface area contributed by atoms with Gasteiger partial charge in [0.2, 0.25) is 5.13 Å². The third-order valence-electron chi connectivity index (χ3n) is 5.70. The van der Waals surface area contributed by atoms with Gasteiger partial charge in [-0.3, -0.25) is 14.5 Å². The molecule has 1 atom stereocenters. The van der Waals surface area contributed by atoms with Crippen molar-refractivity contribution < 1.29 is 14.7 Å². The third kappa shape index (κ3) is 5.43. The zero-order valence-corrected chi connectivity index (χ0v) is 23.7. The summed E-state index contributed by atoms with van der Waals surface area (Å²) in [6.45, 7) is 0. The molecule has 1 fully saturated rings. The van der Waals surface area contributed by atoms with Gasteiger partial charge in [0.15, 0.2) is 4.34 Å². The highest BCUT2D eigenvalue weighted by Crippen LogP contribution is 2.46. The molecule has 5 rings (SSSR count). The number of halogens is 4. The van der Waals surface area contributed by atoms with Crippen molar-refractivity contribution in [2.45, 2.75) is 16.1 Å². The fourth-order valence-electron chi connectivity index (χ4n) is 3.89. The number of hydrogen-bond acceptors (Lipinski definition) is 7. The van der Waals surface area contributed by atoms with Crippen LogP contribution < -0.4 is 4.90 Å². The van der Waals surface area contributed by atoms with Gasteiger partial charge in [-0.25, -0.2) is 0 Å². The van der Waals surface area contributed by atoms with Crippen molar-refractivity contribution in [2.24, 2.45) is 0 Å². The summed E-state index contributed by atoms with van der Waals surface area (Å²) in [6.07, 6.45) is 0. The van der Waals surface area contributed by atoms with Crippen molar-refractivity contribution in [1.29, 1.82) is 0 Å². The van der Waals surface area contributed by atoms with Gasteiger partial charge in [-0.1, -0.05) is 87.7 Å². The summed E-state index contributed by atoms with van der Waals surface area (Å²) in [4.78, 5) is 27.9. The molecule has 2 heterocycles. The number of aliphatic hydroxyl groups is 1. The molecule has 12 heteroatoms. The molecule has 0 spiro atoms. The van der Waals surface area contributed by atoms with Crippen molar-refractivity contribution in [1.82, 2.24) is 10.2 Å². The zero-order valence-electron chi connectivity index (χ0n) is 19.1. The minimum atomic E-state index is -1.06. The van der Waals surface area contributed by atoms with E-state index in [1.807, 2.05) is 12.1 Å². The summed E-state index contributed by atoms with van der Waals surface area (Å²) in [5.74, 6) is -1.49. The molecule has 1 aliphatic heterocycles. The van der Waals surface area contributed by atoms with E-state index in [-0.39, 0.29) is 21.5 Å². The number of ketones is 1. The fraction of sp³-hybridized carbons (Fsp3) is 0.0769. The Labute approximate surface area is 245 Å². The number of aliphatic hydroxyl groups excluding tert-OH is 1. The maximum Gasteiger partial charge on any atom is 0.301 e. The molecule has 1 saturated heterocycles. The van der Waals surface area contributed by atoms with E-state index in [0.29, 0.717) is 36.3 Å². The SMILES string of the molecule is O=C1C(=O)N(c2nnc(SCc3ccc(Cl)cc3)s2)C(c2ccc(Cl)cc2Cl)/C1=C(/O)c1ccc(Cl)cc1. The van der Waals surface area contributed by atoms with Crippen LogP contribution in [0.15, 0.2) is 76.6 Å². The smallest absolute Gasteiger partial charge is 0.301 e. The topological polar surface area (TPSA) is 83.4 Å². The quantitative estimate of drug-likeness (QED) is 0.0769. The van der Waals surface area contributed by atoms with Crippen LogP contribution in [0.5, 0.6) is 0 Å². The van der Waals surface area contributed by atoms with Gasteiger partial charge < -0.3 is 5.11 Å². The Balaban J connectivity index is 1.56. The van der Waals surface area contributed by atoms with Crippen LogP contribution in [0.2, 0.25) is 20.1 Å². The molecule has 1 aromatic heterocycles. The highest BCUT2D eigenvalue weighted by atomic mass is 35.5. The first-order valence-corrected chi connectivity index (χ1v) is 14.3. The van der Waals surface area contributed by atoms with Gasteiger partial charge in [-0.05, 0) is 59.7 Å². The number of rotatable bonds is 6. The van der Waals surface area contributed by atoms with Gasteiger partial charge in [-0.2, -0.15) is 0 Å². The molecule has 1 aliphatic rings. The average molecular weight is 623 g/mol. The lowest BCUT2D eigenvalue weighted by Crippen LogP contribution is -2.29. The second-order valence-corrected chi connectivity index (χ2v) is 12.0. The standard InChI is InChI=1S/C26H15Cl4N3O3S2/c27-15-5-1-13(2-6-15)12-37-26-32-31-25(38-26)33-21(18-10-9-17(29)11-19(18)30)20(23(35)24(33)36)22(34)14-3-7-16(28)8-4-14/h1-11,21,34H,12H2/b22-20-. The number of amides is 1. The van der Waals surface area contributed by atoms with Gasteiger partial charge in [0, 0.05) is 31.4 Å². The predicted octanol–water partition coefficient (Wildman–Crippen LogP) is 8.07. The second kappa shape index (κ2) is 11.3. The molecule has 192 valence electrons. The van der Waals surface area contributed by atoms with Crippen LogP contribution in [0.25, 0.3) is 5.76 Å². The lowest BCUT2D eigenvalue weighted by Gasteiger charge is -2.23. The Bertz CT molecular complexity index is 1570. The van der Waals surface area contributed by atoms with Crippen molar-refractivity contribution in [3.05, 3.63) is 109 Å². The Morgan fingerprint density at radius 3 is 2.18 bits per heavy atom. The van der Waals surface area contributed by atoms with E-state index in [1.165, 1.54) is 22.7 Å². The molecule has 0 aliphatic carbocycles. The maximum atomic E-state index is 13.3. The van der Waals surface area contributed by atoms with E-state index in [1.54, 1.807) is 48.5 Å². The molecule has 1 unspecified atom stereocenters. The Kier molecular flexibility index (Phi) is 8.00. The van der Waals surface area contributed by atoms with E-state index in [0.717, 1.165) is 16.9 Å². The van der Waals surface area contributed by atoms with E-state index in [4.69, 9.17) is 46.4 Å². The van der Waals surface area contributed by atoms with Crippen LogP contribution in [0.1, 0.15) is 22.7 Å². The number of aromatic nitrogens is 2. The number of carbonyl (C=O) groups is 2. The Hall–Kier alpha value is -2.59. The lowest BCUT2D eigenvalue weighted by molar-refractivity contribution is -0.132. The Morgan fingerprint density at radius 1 is 0.895 bits per heavy atom. The first-order valence-electron chi connectivity index (χ1n) is 11.0. The summed E-state index contributed by atoms with van der Waals surface area (Å²) in [5, 5.41) is 21.5. The largest absolute Gasteiger partial charge is 0.507 e. The molecular formula is C26H15Cl4N3O3S2. The van der Waals surface area contributed by atoms with E-state index in [9.17, 15) is 14.7 Å². The number of anilines is 1. The molecule has 1 amide bonds. The van der Waals surface area contributed by atoms with E-state index >= 15 is 0 Å². The zero-order chi connectivity index (χ0) is 27.0. The first-order chi connectivity index (χ1) is 18.2.